The van der Waals surface area contributed by atoms with Crippen molar-refractivity contribution in [3.05, 3.63) is 105 Å². The number of rotatable bonds is 7. The Kier molecular flexibility index (Phi) is 7.89. The monoisotopic (exact) mass is 604 g/mol. The topological polar surface area (TPSA) is 103 Å². The first-order valence-electron chi connectivity index (χ1n) is 13.3. The van der Waals surface area contributed by atoms with Crippen molar-refractivity contribution in [1.82, 2.24) is 25.3 Å². The zero-order valence-corrected chi connectivity index (χ0v) is 23.6. The van der Waals surface area contributed by atoms with Gasteiger partial charge in [-0.1, -0.05) is 40.5 Å². The van der Waals surface area contributed by atoms with E-state index in [0.717, 1.165) is 31.5 Å². The van der Waals surface area contributed by atoms with Crippen molar-refractivity contribution in [3.8, 4) is 6.07 Å². The maximum absolute atomic E-state index is 15.5. The van der Waals surface area contributed by atoms with Crippen molar-refractivity contribution >= 4 is 51.2 Å². The zero-order valence-electron chi connectivity index (χ0n) is 22.1. The largest absolute Gasteiger partial charge is 0.373 e. The van der Waals surface area contributed by atoms with Crippen LogP contribution in [0.1, 0.15) is 41.7 Å². The lowest BCUT2D eigenvalue weighted by molar-refractivity contribution is 0.337. The second-order valence-electron chi connectivity index (χ2n) is 10.0. The number of fused-ring (bicyclic) bond motifs is 1. The summed E-state index contributed by atoms with van der Waals surface area (Å²) in [4.78, 5) is 4.19. The van der Waals surface area contributed by atoms with Crippen molar-refractivity contribution in [1.29, 1.82) is 5.26 Å². The van der Waals surface area contributed by atoms with Crippen LogP contribution in [0.3, 0.4) is 0 Å². The number of nitrogens with one attached hydrogen (secondary N) is 3. The number of hydrogen-bond donors (Lipinski definition) is 3. The number of nitrogens with zero attached hydrogens (tertiary/aromatic N) is 5. The van der Waals surface area contributed by atoms with Crippen LogP contribution in [-0.2, 0) is 0 Å². The molecule has 0 saturated carbocycles. The fourth-order valence-electron chi connectivity index (χ4n) is 5.10. The molecular weight excluding hydrogens is 581 g/mol. The number of piperidine rings is 1. The fourth-order valence-corrected chi connectivity index (χ4v) is 5.41. The summed E-state index contributed by atoms with van der Waals surface area (Å²) in [7, 11) is 0. The summed E-state index contributed by atoms with van der Waals surface area (Å²) in [5, 5.41) is 29.4. The minimum Gasteiger partial charge on any atom is -0.373 e. The van der Waals surface area contributed by atoms with Crippen LogP contribution in [0.4, 0.5) is 25.8 Å². The normalized spacial score (nSPS) is 14.5. The minimum absolute atomic E-state index is 0.0650. The van der Waals surface area contributed by atoms with E-state index in [0.29, 0.717) is 33.2 Å². The first-order chi connectivity index (χ1) is 20.4. The molecule has 3 N–H and O–H groups in total. The summed E-state index contributed by atoms with van der Waals surface area (Å²) in [5.41, 5.74) is 2.91. The van der Waals surface area contributed by atoms with Gasteiger partial charge in [0.15, 0.2) is 5.82 Å². The molecule has 6 rings (SSSR count). The molecule has 0 amide bonds. The molecule has 5 aromatic rings. The van der Waals surface area contributed by atoms with Crippen LogP contribution in [0.15, 0.2) is 67.0 Å². The van der Waals surface area contributed by atoms with Crippen LogP contribution in [-0.4, -0.2) is 33.1 Å². The summed E-state index contributed by atoms with van der Waals surface area (Å²) < 4.78 is 31.2. The van der Waals surface area contributed by atoms with Gasteiger partial charge in [0.1, 0.15) is 23.1 Å². The average molecular weight is 605 g/mol. The second kappa shape index (κ2) is 11.9. The summed E-state index contributed by atoms with van der Waals surface area (Å²) in [6.07, 6.45) is 5.10. The highest BCUT2D eigenvalue weighted by Gasteiger charge is 2.23. The lowest BCUT2D eigenvalue weighted by Crippen LogP contribution is -2.29. The molecule has 8 nitrogen and oxygen atoms in total. The molecule has 42 heavy (non-hydrogen) atoms. The quantitative estimate of drug-likeness (QED) is 0.181. The Morgan fingerprint density at radius 2 is 1.79 bits per heavy atom. The smallest absolute Gasteiger partial charge is 0.151 e. The van der Waals surface area contributed by atoms with Gasteiger partial charge < -0.3 is 16.0 Å². The van der Waals surface area contributed by atoms with Gasteiger partial charge in [0.2, 0.25) is 0 Å². The van der Waals surface area contributed by atoms with E-state index in [1.807, 2.05) is 23.0 Å². The lowest BCUT2D eigenvalue weighted by atomic mass is 10.0. The molecule has 3 heterocycles. The van der Waals surface area contributed by atoms with Gasteiger partial charge >= 0.3 is 0 Å². The van der Waals surface area contributed by atoms with Crippen LogP contribution in [0.5, 0.6) is 0 Å². The van der Waals surface area contributed by atoms with Gasteiger partial charge in [-0.05, 0) is 74.0 Å². The molecule has 0 unspecified atom stereocenters. The van der Waals surface area contributed by atoms with E-state index in [4.69, 9.17) is 23.2 Å². The second-order valence-corrected chi connectivity index (χ2v) is 10.8. The molecule has 0 bridgehead atoms. The van der Waals surface area contributed by atoms with E-state index in [-0.39, 0.29) is 22.1 Å². The SMILES string of the molecule is N#Cc1cnc2c(F)cc(N[C@@H](c3ccc(Cl)cc3)c3cn(C4CCNCC4)nn3)cc2c1Nc1ccc(F)c(Cl)c1. The molecule has 2 aromatic heterocycles. The minimum atomic E-state index is -0.590. The molecule has 1 saturated heterocycles. The van der Waals surface area contributed by atoms with Crippen LogP contribution >= 0.6 is 23.2 Å². The molecular formula is C30H24Cl2F2N8. The van der Waals surface area contributed by atoms with E-state index in [2.05, 4.69) is 37.3 Å². The molecule has 0 aliphatic carbocycles. The van der Waals surface area contributed by atoms with Gasteiger partial charge in [-0.15, -0.1) is 5.10 Å². The highest BCUT2D eigenvalue weighted by Crippen LogP contribution is 2.35. The van der Waals surface area contributed by atoms with Gasteiger partial charge in [0.25, 0.3) is 0 Å². The molecule has 212 valence electrons. The Morgan fingerprint density at radius 3 is 2.52 bits per heavy atom. The standard InChI is InChI=1S/C30H24Cl2F2N8/c31-19-3-1-17(2-4-19)29(27-16-42(41-40-27)22-7-9-36-10-8-22)39-21-11-23-28(38-20-5-6-25(33)24(32)12-20)18(14-35)15-37-30(23)26(34)13-21/h1-6,11-13,15-16,22,29,36,39H,7-10H2,(H,37,38)/t29-/m0/s1. The maximum Gasteiger partial charge on any atom is 0.151 e. The summed E-state index contributed by atoms with van der Waals surface area (Å²) in [6, 6.07) is 16.3. The van der Waals surface area contributed by atoms with Crippen molar-refractivity contribution < 1.29 is 8.78 Å². The third kappa shape index (κ3) is 5.72. The average Bonchev–Trinajstić information content (AvgIpc) is 3.49. The predicted molar refractivity (Wildman–Crippen MR) is 159 cm³/mol. The van der Waals surface area contributed by atoms with Crippen LogP contribution in [0.2, 0.25) is 10.0 Å². The number of anilines is 3. The number of hydrogen-bond acceptors (Lipinski definition) is 7. The molecule has 1 fully saturated rings. The number of aromatic nitrogens is 4. The van der Waals surface area contributed by atoms with Crippen molar-refractivity contribution in [2.24, 2.45) is 0 Å². The highest BCUT2D eigenvalue weighted by molar-refractivity contribution is 6.31. The molecule has 0 spiro atoms. The number of benzene rings is 3. The van der Waals surface area contributed by atoms with Gasteiger partial charge in [-0.2, -0.15) is 5.26 Å². The Morgan fingerprint density at radius 1 is 1.00 bits per heavy atom. The molecule has 0 radical (unpaired) electrons. The van der Waals surface area contributed by atoms with Crippen molar-refractivity contribution in [2.45, 2.75) is 24.9 Å². The maximum atomic E-state index is 15.5. The number of pyridine rings is 1. The Hall–Kier alpha value is -4.30. The Labute approximate surface area is 250 Å². The predicted octanol–water partition coefficient (Wildman–Crippen LogP) is 7.15. The van der Waals surface area contributed by atoms with E-state index in [9.17, 15) is 9.65 Å². The summed E-state index contributed by atoms with van der Waals surface area (Å²) in [6.45, 7) is 1.82. The van der Waals surface area contributed by atoms with E-state index in [1.165, 1.54) is 30.5 Å². The highest BCUT2D eigenvalue weighted by atomic mass is 35.5. The summed E-state index contributed by atoms with van der Waals surface area (Å²) >= 11 is 12.1. The number of nitriles is 1. The third-order valence-corrected chi connectivity index (χ3v) is 7.80. The van der Waals surface area contributed by atoms with Gasteiger partial charge in [0, 0.05) is 28.0 Å². The Bertz CT molecular complexity index is 1800. The van der Waals surface area contributed by atoms with Crippen LogP contribution in [0, 0.1) is 23.0 Å². The summed E-state index contributed by atoms with van der Waals surface area (Å²) in [5.74, 6) is -1.17. The first-order valence-corrected chi connectivity index (χ1v) is 14.0. The molecule has 1 atom stereocenters. The Balaban J connectivity index is 1.41. The van der Waals surface area contributed by atoms with Crippen molar-refractivity contribution in [3.63, 3.8) is 0 Å². The molecule has 1 aliphatic heterocycles. The number of halogens is 4. The van der Waals surface area contributed by atoms with Gasteiger partial charge in [-0.3, -0.25) is 4.98 Å². The van der Waals surface area contributed by atoms with Crippen LogP contribution < -0.4 is 16.0 Å². The lowest BCUT2D eigenvalue weighted by Gasteiger charge is -2.22. The van der Waals surface area contributed by atoms with E-state index >= 15 is 4.39 Å². The molecule has 1 aliphatic rings. The molecule has 3 aromatic carbocycles. The van der Waals surface area contributed by atoms with E-state index in [1.54, 1.807) is 18.2 Å². The first kappa shape index (κ1) is 27.8. The molecule has 12 heteroatoms. The van der Waals surface area contributed by atoms with Gasteiger partial charge in [0.05, 0.1) is 34.6 Å². The zero-order chi connectivity index (χ0) is 29.2. The third-order valence-electron chi connectivity index (χ3n) is 7.26. The van der Waals surface area contributed by atoms with Gasteiger partial charge in [-0.25, -0.2) is 13.5 Å². The fraction of sp³-hybridized carbons (Fsp3) is 0.200. The van der Waals surface area contributed by atoms with E-state index < -0.39 is 17.7 Å². The van der Waals surface area contributed by atoms with Crippen molar-refractivity contribution in [2.75, 3.05) is 23.7 Å². The van der Waals surface area contributed by atoms with Crippen LogP contribution in [0.25, 0.3) is 10.9 Å².